The summed E-state index contributed by atoms with van der Waals surface area (Å²) in [5, 5.41) is 0. The minimum absolute atomic E-state index is 0.228. The third kappa shape index (κ3) is 3.40. The number of carbonyl (C=O) groups is 1. The van der Waals surface area contributed by atoms with E-state index in [2.05, 4.69) is 4.99 Å². The second-order valence-electron chi connectivity index (χ2n) is 6.58. The Balaban J connectivity index is 1.78. The van der Waals surface area contributed by atoms with Crippen LogP contribution in [-0.2, 0) is 11.3 Å². The monoisotopic (exact) mass is 371 g/mol. The van der Waals surface area contributed by atoms with Gasteiger partial charge in [0, 0.05) is 11.1 Å². The smallest absolute Gasteiger partial charge is 0.266 e. The molecule has 1 aliphatic heterocycles. The van der Waals surface area contributed by atoms with Crippen LogP contribution in [0.2, 0.25) is 0 Å². The van der Waals surface area contributed by atoms with Crippen LogP contribution in [-0.4, -0.2) is 24.9 Å². The Labute approximate surface area is 164 Å². The van der Waals surface area contributed by atoms with E-state index in [9.17, 15) is 4.79 Å². The number of hydrogen-bond acceptors (Lipinski definition) is 4. The molecule has 0 saturated heterocycles. The first-order chi connectivity index (χ1) is 13.7. The van der Waals surface area contributed by atoms with Gasteiger partial charge in [-0.1, -0.05) is 60.7 Å². The molecule has 3 aromatic rings. The van der Waals surface area contributed by atoms with Gasteiger partial charge >= 0.3 is 0 Å². The van der Waals surface area contributed by atoms with Crippen molar-refractivity contribution in [3.63, 3.8) is 0 Å². The maximum absolute atomic E-state index is 13.1. The predicted octanol–water partition coefficient (Wildman–Crippen LogP) is 3.36. The van der Waals surface area contributed by atoms with E-state index >= 15 is 0 Å². The number of anilines is 1. The number of amides is 1. The van der Waals surface area contributed by atoms with Crippen molar-refractivity contribution in [1.82, 2.24) is 0 Å². The largest absolute Gasteiger partial charge is 0.497 e. The van der Waals surface area contributed by atoms with Crippen LogP contribution in [0.3, 0.4) is 0 Å². The van der Waals surface area contributed by atoms with Gasteiger partial charge in [-0.2, -0.15) is 0 Å². The summed E-state index contributed by atoms with van der Waals surface area (Å²) in [5.74, 6) is 0.548. The second kappa shape index (κ2) is 7.66. The van der Waals surface area contributed by atoms with Crippen molar-refractivity contribution < 1.29 is 9.53 Å². The highest BCUT2D eigenvalue weighted by atomic mass is 16.5. The number of benzene rings is 3. The molecule has 1 aliphatic rings. The van der Waals surface area contributed by atoms with Gasteiger partial charge in [0.15, 0.2) is 6.17 Å². The first-order valence-electron chi connectivity index (χ1n) is 9.10. The number of para-hydroxylation sites is 1. The number of nitrogens with zero attached hydrogens (tertiary/aromatic N) is 2. The molecule has 3 aromatic carbocycles. The molecule has 5 nitrogen and oxygen atoms in total. The highest BCUT2D eigenvalue weighted by Gasteiger charge is 2.29. The number of methoxy groups -OCH3 is 1. The molecule has 5 heteroatoms. The number of carbonyl (C=O) groups excluding carboxylic acids is 1. The van der Waals surface area contributed by atoms with E-state index in [1.165, 1.54) is 0 Å². The van der Waals surface area contributed by atoms with Crippen LogP contribution in [0.1, 0.15) is 16.7 Å². The van der Waals surface area contributed by atoms with E-state index in [0.717, 1.165) is 33.8 Å². The highest BCUT2D eigenvalue weighted by molar-refractivity contribution is 6.20. The van der Waals surface area contributed by atoms with E-state index in [1.54, 1.807) is 12.0 Å². The minimum Gasteiger partial charge on any atom is -0.497 e. The van der Waals surface area contributed by atoms with Crippen LogP contribution >= 0.6 is 0 Å². The van der Waals surface area contributed by atoms with Gasteiger partial charge in [0.05, 0.1) is 25.1 Å². The van der Waals surface area contributed by atoms with Crippen molar-refractivity contribution in [2.75, 3.05) is 12.0 Å². The van der Waals surface area contributed by atoms with E-state index in [-0.39, 0.29) is 5.91 Å². The van der Waals surface area contributed by atoms with E-state index in [4.69, 9.17) is 10.5 Å². The Morgan fingerprint density at radius 1 is 0.964 bits per heavy atom. The van der Waals surface area contributed by atoms with Crippen molar-refractivity contribution in [2.45, 2.75) is 12.7 Å². The maximum atomic E-state index is 13.1. The summed E-state index contributed by atoms with van der Waals surface area (Å²) in [4.78, 5) is 19.4. The molecule has 1 atom stereocenters. The molecule has 0 bridgehead atoms. The summed E-state index contributed by atoms with van der Waals surface area (Å²) < 4.78 is 5.22. The van der Waals surface area contributed by atoms with Gasteiger partial charge in [0.2, 0.25) is 0 Å². The van der Waals surface area contributed by atoms with Gasteiger partial charge in [0.25, 0.3) is 5.91 Å². The van der Waals surface area contributed by atoms with Crippen molar-refractivity contribution in [2.24, 2.45) is 10.7 Å². The molecule has 28 heavy (non-hydrogen) atoms. The summed E-state index contributed by atoms with van der Waals surface area (Å²) in [6, 6.07) is 25.3. The Morgan fingerprint density at radius 3 is 2.36 bits per heavy atom. The molecular formula is C23H21N3O2. The zero-order chi connectivity index (χ0) is 19.5. The fourth-order valence-electron chi connectivity index (χ4n) is 3.35. The average molecular weight is 371 g/mol. The van der Waals surface area contributed by atoms with Gasteiger partial charge in [-0.15, -0.1) is 0 Å². The van der Waals surface area contributed by atoms with Crippen LogP contribution in [0.4, 0.5) is 5.69 Å². The summed E-state index contributed by atoms with van der Waals surface area (Å²) in [6.45, 7) is 0.408. The number of aliphatic imine (C=N–C) groups is 1. The maximum Gasteiger partial charge on any atom is 0.266 e. The van der Waals surface area contributed by atoms with E-state index in [0.29, 0.717) is 6.54 Å². The standard InChI is InChI=1S/C23H21N3O2/c1-28-18-13-11-16(12-14-18)15-26-20-10-6-5-9-19(20)21(25-22(24)23(26)27)17-7-3-2-4-8-17/h2-14,22H,15,24H2,1H3/t22-/m1/s1. The van der Waals surface area contributed by atoms with Gasteiger partial charge in [-0.3, -0.25) is 9.79 Å². The molecule has 0 radical (unpaired) electrons. The number of fused-ring (bicyclic) bond motifs is 1. The fourth-order valence-corrected chi connectivity index (χ4v) is 3.35. The first kappa shape index (κ1) is 17.9. The van der Waals surface area contributed by atoms with Crippen LogP contribution < -0.4 is 15.4 Å². The number of benzodiazepines with no additional fused rings is 1. The molecule has 0 unspecified atom stereocenters. The zero-order valence-electron chi connectivity index (χ0n) is 15.6. The lowest BCUT2D eigenvalue weighted by Gasteiger charge is -2.24. The first-order valence-corrected chi connectivity index (χ1v) is 9.10. The Hall–Kier alpha value is -3.44. The number of nitrogens with two attached hydrogens (primary N) is 1. The quantitative estimate of drug-likeness (QED) is 0.765. The molecule has 0 saturated carbocycles. The SMILES string of the molecule is COc1ccc(CN2C(=O)[C@H](N)N=C(c3ccccc3)c3ccccc32)cc1. The molecule has 1 amide bonds. The Bertz CT molecular complexity index is 1010. The predicted molar refractivity (Wildman–Crippen MR) is 111 cm³/mol. The Kier molecular flexibility index (Phi) is 4.91. The molecule has 0 spiro atoms. The summed E-state index contributed by atoms with van der Waals surface area (Å²) >= 11 is 0. The van der Waals surface area contributed by atoms with Crippen molar-refractivity contribution in [3.8, 4) is 5.75 Å². The molecule has 140 valence electrons. The molecule has 0 aromatic heterocycles. The van der Waals surface area contributed by atoms with Gasteiger partial charge in [-0.25, -0.2) is 0 Å². The summed E-state index contributed by atoms with van der Waals surface area (Å²) in [5.41, 5.74) is 10.5. The minimum atomic E-state index is -0.958. The molecule has 4 rings (SSSR count). The molecule has 0 fully saturated rings. The lowest BCUT2D eigenvalue weighted by Crippen LogP contribution is -2.41. The highest BCUT2D eigenvalue weighted by Crippen LogP contribution is 2.29. The van der Waals surface area contributed by atoms with Gasteiger partial charge < -0.3 is 15.4 Å². The van der Waals surface area contributed by atoms with Gasteiger partial charge in [0.1, 0.15) is 5.75 Å². The zero-order valence-corrected chi connectivity index (χ0v) is 15.6. The third-order valence-electron chi connectivity index (χ3n) is 4.78. The lowest BCUT2D eigenvalue weighted by molar-refractivity contribution is -0.119. The summed E-state index contributed by atoms with van der Waals surface area (Å²) in [6.07, 6.45) is -0.958. The van der Waals surface area contributed by atoms with Crippen LogP contribution in [0.25, 0.3) is 0 Å². The third-order valence-corrected chi connectivity index (χ3v) is 4.78. The van der Waals surface area contributed by atoms with Crippen molar-refractivity contribution in [3.05, 3.63) is 95.6 Å². The van der Waals surface area contributed by atoms with E-state index < -0.39 is 6.17 Å². The van der Waals surface area contributed by atoms with Crippen molar-refractivity contribution in [1.29, 1.82) is 0 Å². The van der Waals surface area contributed by atoms with E-state index in [1.807, 2.05) is 78.9 Å². The average Bonchev–Trinajstić information content (AvgIpc) is 2.85. The number of ether oxygens (including phenoxy) is 1. The molecule has 1 heterocycles. The van der Waals surface area contributed by atoms with Crippen LogP contribution in [0.5, 0.6) is 5.75 Å². The van der Waals surface area contributed by atoms with Crippen LogP contribution in [0.15, 0.2) is 83.9 Å². The topological polar surface area (TPSA) is 67.9 Å². The molecule has 2 N–H and O–H groups in total. The normalized spacial score (nSPS) is 16.2. The van der Waals surface area contributed by atoms with Gasteiger partial charge in [-0.05, 0) is 23.8 Å². The molecular weight excluding hydrogens is 350 g/mol. The fraction of sp³-hybridized carbons (Fsp3) is 0.130. The van der Waals surface area contributed by atoms with Crippen LogP contribution in [0, 0.1) is 0 Å². The molecule has 0 aliphatic carbocycles. The Morgan fingerprint density at radius 2 is 1.64 bits per heavy atom. The number of rotatable bonds is 4. The van der Waals surface area contributed by atoms with Crippen molar-refractivity contribution >= 4 is 17.3 Å². The number of hydrogen-bond donors (Lipinski definition) is 1. The second-order valence-corrected chi connectivity index (χ2v) is 6.58. The lowest BCUT2D eigenvalue weighted by atomic mass is 10.00. The summed E-state index contributed by atoms with van der Waals surface area (Å²) in [7, 11) is 1.63.